The van der Waals surface area contributed by atoms with Crippen LogP contribution in [-0.2, 0) is 0 Å². The van der Waals surface area contributed by atoms with Crippen molar-refractivity contribution in [3.8, 4) is 10.6 Å². The van der Waals surface area contributed by atoms with Crippen molar-refractivity contribution in [2.75, 3.05) is 5.32 Å². The largest absolute Gasteiger partial charge is 0.545 e. The fourth-order valence-corrected chi connectivity index (χ4v) is 3.72. The van der Waals surface area contributed by atoms with Crippen molar-refractivity contribution in [2.24, 2.45) is 0 Å². The summed E-state index contributed by atoms with van der Waals surface area (Å²) in [4.78, 5) is 28.2. The second kappa shape index (κ2) is 7.01. The van der Waals surface area contributed by atoms with Crippen LogP contribution in [0.5, 0.6) is 0 Å². The van der Waals surface area contributed by atoms with E-state index < -0.39 is 11.9 Å². The van der Waals surface area contributed by atoms with Crippen LogP contribution in [0.4, 0.5) is 5.69 Å². The minimum Gasteiger partial charge on any atom is -0.545 e. The maximum Gasteiger partial charge on any atom is 0.256 e. The van der Waals surface area contributed by atoms with E-state index in [1.165, 1.54) is 12.1 Å². The van der Waals surface area contributed by atoms with Crippen molar-refractivity contribution >= 4 is 39.1 Å². The molecule has 0 saturated carbocycles. The average molecular weight is 373 g/mol. The lowest BCUT2D eigenvalue weighted by Gasteiger charge is -2.11. The molecule has 3 aromatic carbocycles. The SMILES string of the molecule is O=C([O-])c1ccccc1C(=O)Nc1ccc(-c2nc3ccccc3s2)cc1. The van der Waals surface area contributed by atoms with Gasteiger partial charge in [-0.1, -0.05) is 30.3 Å². The summed E-state index contributed by atoms with van der Waals surface area (Å²) in [6.45, 7) is 0. The zero-order chi connectivity index (χ0) is 18.8. The predicted molar refractivity (Wildman–Crippen MR) is 104 cm³/mol. The highest BCUT2D eigenvalue weighted by Gasteiger charge is 2.12. The summed E-state index contributed by atoms with van der Waals surface area (Å²) < 4.78 is 1.11. The number of para-hydroxylation sites is 1. The van der Waals surface area contributed by atoms with Gasteiger partial charge in [-0.2, -0.15) is 0 Å². The van der Waals surface area contributed by atoms with Crippen LogP contribution < -0.4 is 10.4 Å². The molecule has 0 spiro atoms. The Kier molecular flexibility index (Phi) is 4.40. The molecule has 0 atom stereocenters. The van der Waals surface area contributed by atoms with E-state index in [9.17, 15) is 14.7 Å². The molecular weight excluding hydrogens is 360 g/mol. The van der Waals surface area contributed by atoms with Crippen LogP contribution in [0, 0.1) is 0 Å². The van der Waals surface area contributed by atoms with Crippen LogP contribution >= 0.6 is 11.3 Å². The van der Waals surface area contributed by atoms with Gasteiger partial charge in [-0.05, 0) is 42.5 Å². The van der Waals surface area contributed by atoms with Crippen LogP contribution in [0.3, 0.4) is 0 Å². The molecule has 27 heavy (non-hydrogen) atoms. The van der Waals surface area contributed by atoms with Crippen LogP contribution in [0.25, 0.3) is 20.8 Å². The number of hydrogen-bond donors (Lipinski definition) is 1. The van der Waals surface area contributed by atoms with Crippen molar-refractivity contribution < 1.29 is 14.7 Å². The van der Waals surface area contributed by atoms with Crippen molar-refractivity contribution in [3.63, 3.8) is 0 Å². The summed E-state index contributed by atoms with van der Waals surface area (Å²) >= 11 is 1.60. The molecule has 0 aliphatic carbocycles. The molecule has 0 bridgehead atoms. The van der Waals surface area contributed by atoms with E-state index in [-0.39, 0.29) is 11.1 Å². The number of anilines is 1. The Labute approximate surface area is 158 Å². The number of nitrogens with zero attached hydrogens (tertiary/aromatic N) is 1. The first-order valence-electron chi connectivity index (χ1n) is 8.19. The highest BCUT2D eigenvalue weighted by molar-refractivity contribution is 7.21. The highest BCUT2D eigenvalue weighted by atomic mass is 32.1. The molecule has 6 heteroatoms. The maximum atomic E-state index is 12.4. The Bertz CT molecular complexity index is 1120. The van der Waals surface area contributed by atoms with E-state index in [0.717, 1.165) is 20.8 Å². The fourth-order valence-electron chi connectivity index (χ4n) is 2.75. The van der Waals surface area contributed by atoms with Gasteiger partial charge in [-0.3, -0.25) is 4.79 Å². The quantitative estimate of drug-likeness (QED) is 0.593. The van der Waals surface area contributed by atoms with E-state index in [2.05, 4.69) is 10.3 Å². The van der Waals surface area contributed by atoms with Gasteiger partial charge in [0.15, 0.2) is 0 Å². The second-order valence-corrected chi connectivity index (χ2v) is 6.88. The lowest BCUT2D eigenvalue weighted by atomic mass is 10.1. The normalized spacial score (nSPS) is 10.7. The first kappa shape index (κ1) is 16.9. The average Bonchev–Trinajstić information content (AvgIpc) is 3.12. The number of carboxylic acid groups (broad SMARTS) is 1. The summed E-state index contributed by atoms with van der Waals surface area (Å²) in [5, 5.41) is 14.8. The van der Waals surface area contributed by atoms with Gasteiger partial charge in [0.05, 0.1) is 16.2 Å². The molecule has 1 N–H and O–H groups in total. The third kappa shape index (κ3) is 3.43. The third-order valence-corrected chi connectivity index (χ3v) is 5.16. The van der Waals surface area contributed by atoms with Crippen molar-refractivity contribution in [1.82, 2.24) is 4.98 Å². The van der Waals surface area contributed by atoms with E-state index in [1.54, 1.807) is 35.6 Å². The number of carbonyl (C=O) groups excluding carboxylic acids is 2. The van der Waals surface area contributed by atoms with E-state index in [1.807, 2.05) is 36.4 Å². The molecule has 0 saturated heterocycles. The Morgan fingerprint density at radius 2 is 1.52 bits per heavy atom. The Morgan fingerprint density at radius 1 is 0.852 bits per heavy atom. The molecule has 5 nitrogen and oxygen atoms in total. The summed E-state index contributed by atoms with van der Waals surface area (Å²) in [5.74, 6) is -1.88. The molecule has 0 fully saturated rings. The van der Waals surface area contributed by atoms with E-state index in [0.29, 0.717) is 5.69 Å². The zero-order valence-electron chi connectivity index (χ0n) is 14.0. The van der Waals surface area contributed by atoms with Crippen LogP contribution in [-0.4, -0.2) is 16.9 Å². The maximum absolute atomic E-state index is 12.4. The zero-order valence-corrected chi connectivity index (χ0v) is 14.8. The predicted octanol–water partition coefficient (Wildman–Crippen LogP) is 3.58. The van der Waals surface area contributed by atoms with Gasteiger partial charge in [-0.25, -0.2) is 4.98 Å². The van der Waals surface area contributed by atoms with Gasteiger partial charge >= 0.3 is 0 Å². The minimum absolute atomic E-state index is 0.0627. The molecule has 0 aliphatic heterocycles. The number of rotatable bonds is 4. The minimum atomic E-state index is -1.38. The van der Waals surface area contributed by atoms with Crippen molar-refractivity contribution in [3.05, 3.63) is 83.9 Å². The first-order chi connectivity index (χ1) is 13.1. The number of amides is 1. The summed E-state index contributed by atoms with van der Waals surface area (Å²) in [6, 6.07) is 21.2. The molecule has 1 aromatic heterocycles. The van der Waals surface area contributed by atoms with Gasteiger partial charge in [-0.15, -0.1) is 11.3 Å². The summed E-state index contributed by atoms with van der Waals surface area (Å²) in [5.41, 5.74) is 2.39. The molecule has 4 rings (SSSR count). The third-order valence-electron chi connectivity index (χ3n) is 4.08. The Balaban J connectivity index is 1.56. The number of aromatic carboxylic acids is 1. The number of aromatic nitrogens is 1. The summed E-state index contributed by atoms with van der Waals surface area (Å²) in [7, 11) is 0. The van der Waals surface area contributed by atoms with Gasteiger partial charge in [0, 0.05) is 22.4 Å². The summed E-state index contributed by atoms with van der Waals surface area (Å²) in [6.07, 6.45) is 0. The van der Waals surface area contributed by atoms with Gasteiger partial charge in [0.1, 0.15) is 5.01 Å². The molecule has 4 aromatic rings. The van der Waals surface area contributed by atoms with E-state index in [4.69, 9.17) is 0 Å². The number of hydrogen-bond acceptors (Lipinski definition) is 5. The number of carbonyl (C=O) groups is 2. The molecule has 0 aliphatic rings. The van der Waals surface area contributed by atoms with Gasteiger partial charge in [0.25, 0.3) is 5.91 Å². The monoisotopic (exact) mass is 373 g/mol. The second-order valence-electron chi connectivity index (χ2n) is 5.85. The fraction of sp³-hybridized carbons (Fsp3) is 0. The number of nitrogens with one attached hydrogen (secondary N) is 1. The standard InChI is InChI=1S/C21H14N2O3S/c24-19(15-5-1-2-6-16(15)21(25)26)22-14-11-9-13(10-12-14)20-23-17-7-3-4-8-18(17)27-20/h1-12H,(H,22,24)(H,25,26)/p-1. The molecule has 1 heterocycles. The lowest BCUT2D eigenvalue weighted by Crippen LogP contribution is -2.26. The molecule has 132 valence electrons. The molecule has 1 amide bonds. The van der Waals surface area contributed by atoms with Crippen LogP contribution in [0.1, 0.15) is 20.7 Å². The number of fused-ring (bicyclic) bond motifs is 1. The molecule has 0 radical (unpaired) electrons. The topological polar surface area (TPSA) is 82.1 Å². The van der Waals surface area contributed by atoms with Gasteiger partial charge in [0.2, 0.25) is 0 Å². The molecular formula is C21H13N2O3S-. The van der Waals surface area contributed by atoms with Crippen LogP contribution in [0.2, 0.25) is 0 Å². The Morgan fingerprint density at radius 3 is 2.22 bits per heavy atom. The number of thiazole rings is 1. The highest BCUT2D eigenvalue weighted by Crippen LogP contribution is 2.30. The first-order valence-corrected chi connectivity index (χ1v) is 9.01. The number of benzene rings is 3. The smallest absolute Gasteiger partial charge is 0.256 e. The van der Waals surface area contributed by atoms with E-state index >= 15 is 0 Å². The van der Waals surface area contributed by atoms with Crippen molar-refractivity contribution in [2.45, 2.75) is 0 Å². The number of carboxylic acids is 1. The van der Waals surface area contributed by atoms with Gasteiger partial charge < -0.3 is 15.2 Å². The lowest BCUT2D eigenvalue weighted by molar-refractivity contribution is -0.255. The Hall–Kier alpha value is -3.51. The van der Waals surface area contributed by atoms with Crippen molar-refractivity contribution in [1.29, 1.82) is 0 Å². The molecule has 0 unspecified atom stereocenters. The van der Waals surface area contributed by atoms with Crippen LogP contribution in [0.15, 0.2) is 72.8 Å².